The number of nitrogens with zero attached hydrogens (tertiary/aromatic N) is 4. The maximum atomic E-state index is 4.60. The van der Waals surface area contributed by atoms with Gasteiger partial charge in [-0.1, -0.05) is 43.2 Å². The molecule has 0 spiro atoms. The van der Waals surface area contributed by atoms with Crippen LogP contribution < -0.4 is 10.6 Å². The number of hydrogen-bond donors (Lipinski definition) is 3. The summed E-state index contributed by atoms with van der Waals surface area (Å²) in [7, 11) is 1.90. The molecule has 30 heavy (non-hydrogen) atoms. The van der Waals surface area contributed by atoms with E-state index in [9.17, 15) is 0 Å². The summed E-state index contributed by atoms with van der Waals surface area (Å²) in [6.45, 7) is 5.18. The molecule has 0 amide bonds. The van der Waals surface area contributed by atoms with Crippen molar-refractivity contribution in [3.8, 4) is 0 Å². The quantitative estimate of drug-likeness (QED) is 0.504. The minimum Gasteiger partial charge on any atom is -0.354 e. The third kappa shape index (κ3) is 4.83. The zero-order chi connectivity index (χ0) is 20.8. The molecular weight excluding hydrogens is 374 g/mol. The minimum absolute atomic E-state index is 0.128. The van der Waals surface area contributed by atoms with Gasteiger partial charge in [0.25, 0.3) is 0 Å². The zero-order valence-corrected chi connectivity index (χ0v) is 18.3. The molecule has 2 aliphatic rings. The van der Waals surface area contributed by atoms with E-state index >= 15 is 0 Å². The summed E-state index contributed by atoms with van der Waals surface area (Å²) in [6.07, 6.45) is 8.75. The van der Waals surface area contributed by atoms with Crippen LogP contribution in [0.3, 0.4) is 0 Å². The maximum absolute atomic E-state index is 4.60. The van der Waals surface area contributed by atoms with Crippen LogP contribution >= 0.6 is 0 Å². The van der Waals surface area contributed by atoms with Gasteiger partial charge in [0.2, 0.25) is 0 Å². The largest absolute Gasteiger partial charge is 0.354 e. The predicted octanol–water partition coefficient (Wildman–Crippen LogP) is 3.22. The normalized spacial score (nSPS) is 21.0. The van der Waals surface area contributed by atoms with Crippen molar-refractivity contribution in [2.75, 3.05) is 26.7 Å². The number of hydrogen-bond acceptors (Lipinski definition) is 4. The van der Waals surface area contributed by atoms with Crippen molar-refractivity contribution in [1.82, 2.24) is 30.7 Å². The molecule has 1 unspecified atom stereocenters. The van der Waals surface area contributed by atoms with E-state index in [2.05, 4.69) is 73.0 Å². The smallest absolute Gasteiger partial charge is 0.193 e. The third-order valence-electron chi connectivity index (χ3n) is 6.79. The van der Waals surface area contributed by atoms with Crippen molar-refractivity contribution >= 4 is 5.96 Å². The van der Waals surface area contributed by atoms with Crippen molar-refractivity contribution in [1.29, 1.82) is 0 Å². The van der Waals surface area contributed by atoms with Crippen molar-refractivity contribution < 1.29 is 0 Å². The number of piperidine rings is 1. The van der Waals surface area contributed by atoms with Gasteiger partial charge < -0.3 is 15.5 Å². The van der Waals surface area contributed by atoms with Gasteiger partial charge in [-0.25, -0.2) is 4.98 Å². The zero-order valence-electron chi connectivity index (χ0n) is 18.3. The third-order valence-corrected chi connectivity index (χ3v) is 6.79. The summed E-state index contributed by atoms with van der Waals surface area (Å²) in [6, 6.07) is 11.1. The molecular formula is C23H35N7. The second kappa shape index (κ2) is 9.60. The molecule has 2 heterocycles. The summed E-state index contributed by atoms with van der Waals surface area (Å²) < 4.78 is 0. The number of benzene rings is 1. The number of likely N-dealkylation sites (tertiary alicyclic amines) is 1. The first kappa shape index (κ1) is 20.8. The van der Waals surface area contributed by atoms with Gasteiger partial charge in [-0.2, -0.15) is 5.10 Å². The van der Waals surface area contributed by atoms with Gasteiger partial charge in [-0.05, 0) is 38.2 Å². The first-order valence-corrected chi connectivity index (χ1v) is 11.3. The molecule has 1 saturated carbocycles. The van der Waals surface area contributed by atoms with Crippen molar-refractivity contribution in [3.63, 3.8) is 0 Å². The molecule has 4 rings (SSSR count). The average molecular weight is 410 g/mol. The highest BCUT2D eigenvalue weighted by Crippen LogP contribution is 2.32. The lowest BCUT2D eigenvalue weighted by Gasteiger charge is -2.38. The van der Waals surface area contributed by atoms with Crippen LogP contribution in [0.5, 0.6) is 0 Å². The van der Waals surface area contributed by atoms with Gasteiger partial charge in [0.05, 0.1) is 0 Å². The number of H-pyrrole nitrogens is 1. The van der Waals surface area contributed by atoms with Crippen LogP contribution in [0.15, 0.2) is 41.7 Å². The Labute approximate surface area is 179 Å². The second-order valence-corrected chi connectivity index (χ2v) is 8.80. The number of aromatic amines is 1. The Morgan fingerprint density at radius 1 is 1.23 bits per heavy atom. The standard InChI is InChI=1S/C23H35N7/c1-18(19-8-4-3-5-9-19)28-23(12-6-7-13-23)16-25-22(24-2)30-14-10-20(11-15-30)21-26-17-27-29-21/h3-5,8-9,17-18,20,28H,6-7,10-16H2,1-2H3,(H,24,25)(H,26,27,29). The highest BCUT2D eigenvalue weighted by Gasteiger charge is 2.35. The second-order valence-electron chi connectivity index (χ2n) is 8.80. The molecule has 3 N–H and O–H groups in total. The molecule has 1 atom stereocenters. The molecule has 0 bridgehead atoms. The van der Waals surface area contributed by atoms with Gasteiger partial charge in [0.1, 0.15) is 12.2 Å². The number of nitrogens with one attached hydrogen (secondary N) is 3. The Morgan fingerprint density at radius 2 is 1.97 bits per heavy atom. The van der Waals surface area contributed by atoms with Crippen LogP contribution in [-0.4, -0.2) is 58.3 Å². The first-order valence-electron chi connectivity index (χ1n) is 11.3. The predicted molar refractivity (Wildman–Crippen MR) is 120 cm³/mol. The topological polar surface area (TPSA) is 81.2 Å². The molecule has 7 nitrogen and oxygen atoms in total. The summed E-state index contributed by atoms with van der Waals surface area (Å²) in [4.78, 5) is 11.3. The lowest BCUT2D eigenvalue weighted by Crippen LogP contribution is -2.55. The first-order chi connectivity index (χ1) is 14.7. The SMILES string of the molecule is CN=C(NCC1(NC(C)c2ccccc2)CCCC1)N1CCC(c2ncn[nH]2)CC1. The summed E-state index contributed by atoms with van der Waals surface area (Å²) in [5, 5.41) is 14.7. The van der Waals surface area contributed by atoms with E-state index in [0.717, 1.165) is 44.3 Å². The van der Waals surface area contributed by atoms with E-state index in [-0.39, 0.29) is 5.54 Å². The average Bonchev–Trinajstić information content (AvgIpc) is 3.48. The molecule has 1 aliphatic heterocycles. The molecule has 2 fully saturated rings. The van der Waals surface area contributed by atoms with E-state index in [1.165, 1.54) is 31.2 Å². The van der Waals surface area contributed by atoms with Gasteiger partial charge in [-0.15, -0.1) is 0 Å². The lowest BCUT2D eigenvalue weighted by molar-refractivity contribution is 0.275. The molecule has 0 radical (unpaired) electrons. The van der Waals surface area contributed by atoms with Crippen LogP contribution in [-0.2, 0) is 0 Å². The fourth-order valence-electron chi connectivity index (χ4n) is 5.07. The maximum Gasteiger partial charge on any atom is 0.193 e. The van der Waals surface area contributed by atoms with Crippen LogP contribution in [0, 0.1) is 0 Å². The van der Waals surface area contributed by atoms with Crippen molar-refractivity contribution in [2.24, 2.45) is 4.99 Å². The molecule has 1 aliphatic carbocycles. The Morgan fingerprint density at radius 3 is 2.60 bits per heavy atom. The van der Waals surface area contributed by atoms with E-state index in [4.69, 9.17) is 0 Å². The Bertz CT molecular complexity index is 788. The highest BCUT2D eigenvalue weighted by molar-refractivity contribution is 5.80. The molecule has 2 aromatic rings. The van der Waals surface area contributed by atoms with Crippen molar-refractivity contribution in [2.45, 2.75) is 62.9 Å². The van der Waals surface area contributed by atoms with Gasteiger partial charge in [0, 0.05) is 44.2 Å². The molecule has 1 saturated heterocycles. The molecule has 1 aromatic carbocycles. The fourth-order valence-corrected chi connectivity index (χ4v) is 5.07. The number of aliphatic imine (C=N–C) groups is 1. The van der Waals surface area contributed by atoms with E-state index in [0.29, 0.717) is 12.0 Å². The number of rotatable bonds is 6. The van der Waals surface area contributed by atoms with Crippen LogP contribution in [0.2, 0.25) is 0 Å². The summed E-state index contributed by atoms with van der Waals surface area (Å²) >= 11 is 0. The molecule has 162 valence electrons. The van der Waals surface area contributed by atoms with E-state index in [1.807, 2.05) is 7.05 Å². The van der Waals surface area contributed by atoms with Gasteiger partial charge in [0.15, 0.2) is 5.96 Å². The number of guanidine groups is 1. The number of aromatic nitrogens is 3. The fraction of sp³-hybridized carbons (Fsp3) is 0.609. The van der Waals surface area contributed by atoms with Gasteiger partial charge >= 0.3 is 0 Å². The Kier molecular flexibility index (Phi) is 6.67. The Balaban J connectivity index is 1.34. The highest BCUT2D eigenvalue weighted by atomic mass is 15.3. The van der Waals surface area contributed by atoms with Crippen LogP contribution in [0.25, 0.3) is 0 Å². The van der Waals surface area contributed by atoms with Crippen molar-refractivity contribution in [3.05, 3.63) is 48.0 Å². The molecule has 7 heteroatoms. The Hall–Kier alpha value is -2.41. The van der Waals surface area contributed by atoms with Crippen LogP contribution in [0.4, 0.5) is 0 Å². The van der Waals surface area contributed by atoms with E-state index < -0.39 is 0 Å². The molecule has 1 aromatic heterocycles. The minimum atomic E-state index is 0.128. The summed E-state index contributed by atoms with van der Waals surface area (Å²) in [5.74, 6) is 2.50. The monoisotopic (exact) mass is 409 g/mol. The van der Waals surface area contributed by atoms with E-state index in [1.54, 1.807) is 6.33 Å². The van der Waals surface area contributed by atoms with Crippen LogP contribution in [0.1, 0.15) is 68.8 Å². The lowest BCUT2D eigenvalue weighted by atomic mass is 9.94. The van der Waals surface area contributed by atoms with Gasteiger partial charge in [-0.3, -0.25) is 10.1 Å². The summed E-state index contributed by atoms with van der Waals surface area (Å²) in [5.41, 5.74) is 1.48.